The van der Waals surface area contributed by atoms with E-state index in [1.54, 1.807) is 19.1 Å². The predicted octanol–water partition coefficient (Wildman–Crippen LogP) is 3.08. The molecule has 2 aromatic carbocycles. The van der Waals surface area contributed by atoms with E-state index < -0.39 is 6.04 Å². The molecule has 0 aromatic heterocycles. The number of hydrogen-bond acceptors (Lipinski definition) is 2. The van der Waals surface area contributed by atoms with Crippen LogP contribution in [0.4, 0.5) is 10.1 Å². The fourth-order valence-electron chi connectivity index (χ4n) is 1.88. The lowest BCUT2D eigenvalue weighted by Gasteiger charge is -2.14. The minimum Gasteiger partial charge on any atom is -0.324 e. The fraction of sp³-hybridized carbons (Fsp3) is 0.188. The van der Waals surface area contributed by atoms with Crippen molar-refractivity contribution in [3.63, 3.8) is 0 Å². The molecule has 1 unspecified atom stereocenters. The number of amides is 1. The highest BCUT2D eigenvalue weighted by atomic mass is 19.1. The maximum Gasteiger partial charge on any atom is 0.245 e. The Morgan fingerprint density at radius 1 is 1.15 bits per heavy atom. The second-order valence-electron chi connectivity index (χ2n) is 4.79. The van der Waals surface area contributed by atoms with Gasteiger partial charge in [-0.1, -0.05) is 35.9 Å². The molecule has 3 nitrogen and oxygen atoms in total. The summed E-state index contributed by atoms with van der Waals surface area (Å²) in [5.74, 6) is -0.714. The van der Waals surface area contributed by atoms with Crippen molar-refractivity contribution in [2.45, 2.75) is 19.9 Å². The summed E-state index contributed by atoms with van der Waals surface area (Å²) in [6, 6.07) is 11.2. The molecule has 20 heavy (non-hydrogen) atoms. The summed E-state index contributed by atoms with van der Waals surface area (Å²) in [5, 5.41) is 2.66. The molecule has 0 spiro atoms. The van der Waals surface area contributed by atoms with Crippen molar-refractivity contribution in [1.82, 2.24) is 0 Å². The number of halogens is 1. The average Bonchev–Trinajstić information content (AvgIpc) is 2.44. The molecule has 104 valence electrons. The van der Waals surface area contributed by atoms with Crippen LogP contribution < -0.4 is 11.1 Å². The summed E-state index contributed by atoms with van der Waals surface area (Å²) in [7, 11) is 0. The van der Waals surface area contributed by atoms with E-state index in [4.69, 9.17) is 5.73 Å². The van der Waals surface area contributed by atoms with Gasteiger partial charge in [-0.2, -0.15) is 0 Å². The minimum atomic E-state index is -0.779. The SMILES string of the molecule is Cc1ccc(C(N)C(=O)Nc2cccc(F)c2C)cc1. The van der Waals surface area contributed by atoms with Gasteiger partial charge in [-0.05, 0) is 31.5 Å². The molecule has 3 N–H and O–H groups in total. The van der Waals surface area contributed by atoms with Crippen molar-refractivity contribution in [2.24, 2.45) is 5.73 Å². The van der Waals surface area contributed by atoms with Crippen molar-refractivity contribution in [2.75, 3.05) is 5.32 Å². The zero-order chi connectivity index (χ0) is 14.7. The number of aryl methyl sites for hydroxylation is 1. The Labute approximate surface area is 117 Å². The van der Waals surface area contributed by atoms with Crippen LogP contribution in [0.25, 0.3) is 0 Å². The number of carbonyl (C=O) groups is 1. The van der Waals surface area contributed by atoms with Crippen LogP contribution in [0.5, 0.6) is 0 Å². The van der Waals surface area contributed by atoms with Crippen molar-refractivity contribution < 1.29 is 9.18 Å². The summed E-state index contributed by atoms with van der Waals surface area (Å²) in [5.41, 5.74) is 8.58. The highest BCUT2D eigenvalue weighted by molar-refractivity contribution is 5.96. The molecule has 0 heterocycles. The van der Waals surface area contributed by atoms with Crippen molar-refractivity contribution >= 4 is 11.6 Å². The van der Waals surface area contributed by atoms with Gasteiger partial charge < -0.3 is 11.1 Å². The molecule has 0 saturated carbocycles. The molecule has 1 amide bonds. The number of hydrogen-bond donors (Lipinski definition) is 2. The van der Waals surface area contributed by atoms with Gasteiger partial charge in [-0.15, -0.1) is 0 Å². The molecule has 1 atom stereocenters. The number of carbonyl (C=O) groups excluding carboxylic acids is 1. The second-order valence-corrected chi connectivity index (χ2v) is 4.79. The fourth-order valence-corrected chi connectivity index (χ4v) is 1.88. The maximum absolute atomic E-state index is 13.4. The Hall–Kier alpha value is -2.20. The van der Waals surface area contributed by atoms with E-state index in [1.807, 2.05) is 31.2 Å². The monoisotopic (exact) mass is 272 g/mol. The second kappa shape index (κ2) is 5.84. The van der Waals surface area contributed by atoms with Crippen molar-refractivity contribution in [1.29, 1.82) is 0 Å². The van der Waals surface area contributed by atoms with E-state index in [9.17, 15) is 9.18 Å². The molecular formula is C16H17FN2O. The number of rotatable bonds is 3. The zero-order valence-corrected chi connectivity index (χ0v) is 11.5. The number of nitrogens with two attached hydrogens (primary N) is 1. The molecule has 0 saturated heterocycles. The normalized spacial score (nSPS) is 12.0. The Bertz CT molecular complexity index is 623. The van der Waals surface area contributed by atoms with E-state index in [2.05, 4.69) is 5.32 Å². The third-order valence-corrected chi connectivity index (χ3v) is 3.24. The van der Waals surface area contributed by atoms with Crippen LogP contribution in [0.1, 0.15) is 22.7 Å². The Balaban J connectivity index is 2.15. The summed E-state index contributed by atoms with van der Waals surface area (Å²) in [6.45, 7) is 3.58. The lowest BCUT2D eigenvalue weighted by atomic mass is 10.0. The van der Waals surface area contributed by atoms with Crippen molar-refractivity contribution in [3.05, 3.63) is 65.0 Å². The predicted molar refractivity (Wildman–Crippen MR) is 77.9 cm³/mol. The van der Waals surface area contributed by atoms with Crippen LogP contribution in [0.3, 0.4) is 0 Å². The smallest absolute Gasteiger partial charge is 0.245 e. The third-order valence-electron chi connectivity index (χ3n) is 3.24. The molecule has 0 fully saturated rings. The van der Waals surface area contributed by atoms with Gasteiger partial charge in [0.25, 0.3) is 0 Å². The first kappa shape index (κ1) is 14.2. The topological polar surface area (TPSA) is 55.1 Å². The Morgan fingerprint density at radius 3 is 2.45 bits per heavy atom. The lowest BCUT2D eigenvalue weighted by molar-refractivity contribution is -0.117. The highest BCUT2D eigenvalue weighted by Gasteiger charge is 2.17. The van der Waals surface area contributed by atoms with Crippen LogP contribution in [-0.4, -0.2) is 5.91 Å². The van der Waals surface area contributed by atoms with E-state index >= 15 is 0 Å². The Kier molecular flexibility index (Phi) is 4.15. The van der Waals surface area contributed by atoms with Crippen LogP contribution in [0, 0.1) is 19.7 Å². The molecule has 2 rings (SSSR count). The Morgan fingerprint density at radius 2 is 1.80 bits per heavy atom. The van der Waals surface area contributed by atoms with Gasteiger partial charge in [0.2, 0.25) is 5.91 Å². The minimum absolute atomic E-state index is 0.355. The lowest BCUT2D eigenvalue weighted by Crippen LogP contribution is -2.28. The van der Waals surface area contributed by atoms with Crippen LogP contribution in [0.2, 0.25) is 0 Å². The van der Waals surface area contributed by atoms with Crippen LogP contribution in [-0.2, 0) is 4.79 Å². The quantitative estimate of drug-likeness (QED) is 0.902. The van der Waals surface area contributed by atoms with E-state index in [0.29, 0.717) is 11.3 Å². The summed E-state index contributed by atoms with van der Waals surface area (Å²) < 4.78 is 13.4. The van der Waals surface area contributed by atoms with Gasteiger partial charge in [-0.25, -0.2) is 4.39 Å². The molecule has 0 bridgehead atoms. The molecule has 2 aromatic rings. The third kappa shape index (κ3) is 3.03. The van der Waals surface area contributed by atoms with E-state index in [-0.39, 0.29) is 11.7 Å². The van der Waals surface area contributed by atoms with Crippen LogP contribution >= 0.6 is 0 Å². The van der Waals surface area contributed by atoms with Gasteiger partial charge in [0.1, 0.15) is 11.9 Å². The number of benzene rings is 2. The van der Waals surface area contributed by atoms with Gasteiger partial charge in [-0.3, -0.25) is 4.79 Å². The first-order valence-corrected chi connectivity index (χ1v) is 6.37. The number of nitrogens with one attached hydrogen (secondary N) is 1. The van der Waals surface area contributed by atoms with Gasteiger partial charge in [0, 0.05) is 11.3 Å². The summed E-state index contributed by atoms with van der Waals surface area (Å²) in [6.07, 6.45) is 0. The average molecular weight is 272 g/mol. The highest BCUT2D eigenvalue weighted by Crippen LogP contribution is 2.19. The molecule has 0 aliphatic rings. The van der Waals surface area contributed by atoms with E-state index in [0.717, 1.165) is 11.1 Å². The molecule has 0 radical (unpaired) electrons. The summed E-state index contributed by atoms with van der Waals surface area (Å²) >= 11 is 0. The number of anilines is 1. The first-order chi connectivity index (χ1) is 9.49. The van der Waals surface area contributed by atoms with Gasteiger partial charge in [0.05, 0.1) is 0 Å². The molecule has 0 aliphatic heterocycles. The van der Waals surface area contributed by atoms with E-state index in [1.165, 1.54) is 6.07 Å². The standard InChI is InChI=1S/C16H17FN2O/c1-10-6-8-12(9-7-10)15(18)16(20)19-14-5-3-4-13(17)11(14)2/h3-9,15H,18H2,1-2H3,(H,19,20). The molecular weight excluding hydrogens is 255 g/mol. The zero-order valence-electron chi connectivity index (χ0n) is 11.5. The van der Waals surface area contributed by atoms with Gasteiger partial charge >= 0.3 is 0 Å². The molecule has 4 heteroatoms. The summed E-state index contributed by atoms with van der Waals surface area (Å²) in [4.78, 5) is 12.1. The van der Waals surface area contributed by atoms with Crippen molar-refractivity contribution in [3.8, 4) is 0 Å². The van der Waals surface area contributed by atoms with Crippen LogP contribution in [0.15, 0.2) is 42.5 Å². The maximum atomic E-state index is 13.4. The van der Waals surface area contributed by atoms with Gasteiger partial charge in [0.15, 0.2) is 0 Å². The molecule has 0 aliphatic carbocycles. The largest absolute Gasteiger partial charge is 0.324 e. The first-order valence-electron chi connectivity index (χ1n) is 6.37.